The van der Waals surface area contributed by atoms with Crippen LogP contribution in [-0.4, -0.2) is 29.1 Å². The van der Waals surface area contributed by atoms with Crippen LogP contribution in [0.3, 0.4) is 0 Å². The quantitative estimate of drug-likeness (QED) is 0.444. The van der Waals surface area contributed by atoms with E-state index in [1.807, 2.05) is 18.2 Å². The average Bonchev–Trinajstić information content (AvgIpc) is 3.19. The van der Waals surface area contributed by atoms with Crippen LogP contribution in [0.15, 0.2) is 61.1 Å². The lowest BCUT2D eigenvalue weighted by molar-refractivity contribution is -0.389. The minimum atomic E-state index is -0.465. The van der Waals surface area contributed by atoms with E-state index < -0.39 is 4.92 Å². The van der Waals surface area contributed by atoms with E-state index in [0.717, 1.165) is 5.69 Å². The summed E-state index contributed by atoms with van der Waals surface area (Å²) in [4.78, 5) is 19.5. The zero-order chi connectivity index (χ0) is 17.2. The number of hydrogen-bond donors (Lipinski definition) is 1. The van der Waals surface area contributed by atoms with Crippen molar-refractivity contribution in [3.05, 3.63) is 76.9 Å². The maximum absolute atomic E-state index is 11.4. The molecule has 0 saturated heterocycles. The second-order valence-electron chi connectivity index (χ2n) is 5.31. The first-order valence-electron chi connectivity index (χ1n) is 7.52. The second kappa shape index (κ2) is 6.04. The van der Waals surface area contributed by atoms with E-state index >= 15 is 0 Å². The van der Waals surface area contributed by atoms with Crippen LogP contribution in [0.25, 0.3) is 5.65 Å². The summed E-state index contributed by atoms with van der Waals surface area (Å²) >= 11 is 0. The van der Waals surface area contributed by atoms with Crippen LogP contribution in [0.2, 0.25) is 0 Å². The Labute approximate surface area is 141 Å². The van der Waals surface area contributed by atoms with Gasteiger partial charge in [0.15, 0.2) is 5.82 Å². The Morgan fingerprint density at radius 2 is 2.00 bits per heavy atom. The number of fused-ring (bicyclic) bond motifs is 1. The van der Waals surface area contributed by atoms with Crippen LogP contribution < -0.4 is 5.32 Å². The smallest absolute Gasteiger partial charge is 0.358 e. The molecule has 4 aromatic rings. The molecule has 0 unspecified atom stereocenters. The molecular weight excluding hydrogens is 322 g/mol. The normalized spacial score (nSPS) is 10.9. The van der Waals surface area contributed by atoms with E-state index in [0.29, 0.717) is 18.0 Å². The van der Waals surface area contributed by atoms with Crippen LogP contribution in [0.1, 0.15) is 5.69 Å². The molecule has 0 fully saturated rings. The minimum absolute atomic E-state index is 0.130. The highest BCUT2D eigenvalue weighted by Gasteiger charge is 2.22. The van der Waals surface area contributed by atoms with Crippen LogP contribution in [0.4, 0.5) is 17.5 Å². The molecule has 25 heavy (non-hydrogen) atoms. The van der Waals surface area contributed by atoms with Crippen molar-refractivity contribution in [3.63, 3.8) is 0 Å². The Morgan fingerprint density at radius 3 is 2.80 bits per heavy atom. The van der Waals surface area contributed by atoms with Crippen molar-refractivity contribution < 1.29 is 4.92 Å². The van der Waals surface area contributed by atoms with E-state index in [9.17, 15) is 10.1 Å². The number of rotatable bonds is 5. The maximum Gasteiger partial charge on any atom is 0.372 e. The zero-order valence-electron chi connectivity index (χ0n) is 13.0. The molecule has 9 heteroatoms. The van der Waals surface area contributed by atoms with E-state index in [1.54, 1.807) is 47.5 Å². The number of pyridine rings is 2. The first-order chi connectivity index (χ1) is 12.2. The summed E-state index contributed by atoms with van der Waals surface area (Å²) in [5.74, 6) is 0.497. The van der Waals surface area contributed by atoms with Crippen molar-refractivity contribution in [2.75, 3.05) is 5.32 Å². The van der Waals surface area contributed by atoms with E-state index in [2.05, 4.69) is 20.4 Å². The molecule has 1 N–H and O–H groups in total. The molecule has 0 amide bonds. The van der Waals surface area contributed by atoms with Crippen LogP contribution in [0.5, 0.6) is 0 Å². The van der Waals surface area contributed by atoms with Crippen molar-refractivity contribution in [1.29, 1.82) is 0 Å². The third-order valence-corrected chi connectivity index (χ3v) is 3.61. The lowest BCUT2D eigenvalue weighted by atomic mass is 10.3. The number of hydrogen-bond acceptors (Lipinski definition) is 6. The molecule has 4 aromatic heterocycles. The highest BCUT2D eigenvalue weighted by molar-refractivity contribution is 5.67. The molecular formula is C16H13N7O2. The largest absolute Gasteiger partial charge is 0.372 e. The summed E-state index contributed by atoms with van der Waals surface area (Å²) in [6, 6.07) is 12.6. The number of aromatic nitrogens is 5. The number of anilines is 2. The van der Waals surface area contributed by atoms with Crippen LogP contribution in [-0.2, 0) is 6.54 Å². The van der Waals surface area contributed by atoms with E-state index in [4.69, 9.17) is 0 Å². The molecule has 0 aromatic carbocycles. The number of nitro groups is 1. The first-order valence-corrected chi connectivity index (χ1v) is 7.52. The monoisotopic (exact) mass is 335 g/mol. The Bertz CT molecular complexity index is 1040. The van der Waals surface area contributed by atoms with Crippen molar-refractivity contribution in [2.45, 2.75) is 6.54 Å². The van der Waals surface area contributed by atoms with Crippen LogP contribution in [0, 0.1) is 10.1 Å². The van der Waals surface area contributed by atoms with Gasteiger partial charge in [0.1, 0.15) is 0 Å². The Morgan fingerprint density at radius 1 is 1.12 bits per heavy atom. The summed E-state index contributed by atoms with van der Waals surface area (Å²) in [5, 5.41) is 18.7. The van der Waals surface area contributed by atoms with Gasteiger partial charge in [-0.2, -0.15) is 14.5 Å². The predicted octanol–water partition coefficient (Wildman–Crippen LogP) is 2.63. The molecule has 4 heterocycles. The summed E-state index contributed by atoms with van der Waals surface area (Å²) in [5.41, 5.74) is 1.36. The van der Waals surface area contributed by atoms with Gasteiger partial charge in [-0.3, -0.25) is 9.67 Å². The molecule has 0 saturated carbocycles. The molecule has 0 atom stereocenters. The first kappa shape index (κ1) is 14.8. The Hall–Kier alpha value is -3.75. The molecule has 0 radical (unpaired) electrons. The van der Waals surface area contributed by atoms with Crippen molar-refractivity contribution >= 4 is 23.1 Å². The van der Waals surface area contributed by atoms with Gasteiger partial charge >= 0.3 is 5.82 Å². The van der Waals surface area contributed by atoms with Gasteiger partial charge < -0.3 is 15.4 Å². The summed E-state index contributed by atoms with van der Waals surface area (Å²) in [6.07, 6.45) is 5.10. The van der Waals surface area contributed by atoms with Gasteiger partial charge in [-0.15, -0.1) is 0 Å². The van der Waals surface area contributed by atoms with Gasteiger partial charge in [0, 0.05) is 24.5 Å². The molecule has 124 valence electrons. The molecule has 4 rings (SSSR count). The lowest BCUT2D eigenvalue weighted by Crippen LogP contribution is -2.03. The molecule has 0 spiro atoms. The van der Waals surface area contributed by atoms with Gasteiger partial charge in [-0.1, -0.05) is 12.1 Å². The maximum atomic E-state index is 11.4. The highest BCUT2D eigenvalue weighted by Crippen LogP contribution is 2.27. The molecule has 0 aliphatic heterocycles. The predicted molar refractivity (Wildman–Crippen MR) is 90.7 cm³/mol. The summed E-state index contributed by atoms with van der Waals surface area (Å²) in [7, 11) is 0. The van der Waals surface area contributed by atoms with E-state index in [1.165, 1.54) is 4.40 Å². The number of imidazole rings is 1. The van der Waals surface area contributed by atoms with Crippen molar-refractivity contribution in [2.24, 2.45) is 0 Å². The fourth-order valence-electron chi connectivity index (χ4n) is 2.54. The van der Waals surface area contributed by atoms with Gasteiger partial charge in [0.2, 0.25) is 11.5 Å². The topological polar surface area (TPSA) is 103 Å². The second-order valence-corrected chi connectivity index (χ2v) is 5.31. The van der Waals surface area contributed by atoms with E-state index in [-0.39, 0.29) is 11.6 Å². The van der Waals surface area contributed by atoms with Gasteiger partial charge in [-0.25, -0.2) is 0 Å². The molecule has 0 aliphatic carbocycles. The van der Waals surface area contributed by atoms with Crippen LogP contribution >= 0.6 is 0 Å². The molecule has 0 aliphatic rings. The summed E-state index contributed by atoms with van der Waals surface area (Å²) < 4.78 is 3.12. The summed E-state index contributed by atoms with van der Waals surface area (Å²) in [6.45, 7) is 0.510. The Balaban J connectivity index is 1.62. The zero-order valence-corrected chi connectivity index (χ0v) is 13.0. The van der Waals surface area contributed by atoms with Crippen molar-refractivity contribution in [3.8, 4) is 0 Å². The van der Waals surface area contributed by atoms with Crippen molar-refractivity contribution in [1.82, 2.24) is 24.1 Å². The lowest BCUT2D eigenvalue weighted by Gasteiger charge is -2.01. The standard InChI is InChI=1S/C16H13N7O2/c24-23(25)16-15(19-14-6-2-4-9-22(14)16)18-13-7-10-21(20-13)11-12-5-1-3-8-17-12/h1-10H,11H2,(H,18,20). The fraction of sp³-hybridized carbons (Fsp3) is 0.0625. The van der Waals surface area contributed by atoms with Gasteiger partial charge in [0.05, 0.1) is 18.4 Å². The van der Waals surface area contributed by atoms with Gasteiger partial charge in [0.25, 0.3) is 0 Å². The third-order valence-electron chi connectivity index (χ3n) is 3.61. The number of nitrogens with one attached hydrogen (secondary N) is 1. The van der Waals surface area contributed by atoms with Gasteiger partial charge in [-0.05, 0) is 23.1 Å². The molecule has 9 nitrogen and oxygen atoms in total. The third kappa shape index (κ3) is 2.90. The average molecular weight is 335 g/mol. The highest BCUT2D eigenvalue weighted by atomic mass is 16.6. The fourth-order valence-corrected chi connectivity index (χ4v) is 2.54. The Kier molecular flexibility index (Phi) is 3.58. The number of nitrogens with zero attached hydrogens (tertiary/aromatic N) is 6. The SMILES string of the molecule is O=[N+]([O-])c1c(Nc2ccn(Cc3ccccn3)n2)nc2ccccn12. The molecule has 0 bridgehead atoms. The minimum Gasteiger partial charge on any atom is -0.358 e.